The Bertz CT molecular complexity index is 505. The van der Waals surface area contributed by atoms with Gasteiger partial charge in [0.25, 0.3) is 0 Å². The number of hydrogen-bond acceptors (Lipinski definition) is 2. The average Bonchev–Trinajstić information content (AvgIpc) is 2.79. The molecule has 1 aromatic heterocycles. The summed E-state index contributed by atoms with van der Waals surface area (Å²) in [6.45, 7) is 5.09. The highest BCUT2D eigenvalue weighted by molar-refractivity contribution is 7.12. The van der Waals surface area contributed by atoms with Crippen LogP contribution < -0.4 is 5.32 Å². The van der Waals surface area contributed by atoms with Crippen molar-refractivity contribution < 1.29 is 0 Å². The maximum atomic E-state index is 6.08. The summed E-state index contributed by atoms with van der Waals surface area (Å²) >= 11 is 7.95. The minimum absolute atomic E-state index is 0.815. The molecule has 90 valence electrons. The normalized spacial score (nSPS) is 10.5. The molecule has 2 rings (SSSR count). The Morgan fingerprint density at radius 2 is 1.94 bits per heavy atom. The Balaban J connectivity index is 2.04. The second-order valence-electron chi connectivity index (χ2n) is 3.99. The van der Waals surface area contributed by atoms with Gasteiger partial charge in [0, 0.05) is 27.0 Å². The van der Waals surface area contributed by atoms with Gasteiger partial charge in [0.1, 0.15) is 0 Å². The van der Waals surface area contributed by atoms with Crippen molar-refractivity contribution in [1.29, 1.82) is 0 Å². The van der Waals surface area contributed by atoms with Crippen molar-refractivity contribution in [3.63, 3.8) is 0 Å². The van der Waals surface area contributed by atoms with Gasteiger partial charge in [0.2, 0.25) is 0 Å². The van der Waals surface area contributed by atoms with Crippen molar-refractivity contribution in [2.45, 2.75) is 26.8 Å². The zero-order chi connectivity index (χ0) is 12.3. The van der Waals surface area contributed by atoms with Gasteiger partial charge in [-0.05, 0) is 43.2 Å². The molecule has 0 saturated heterocycles. The molecule has 1 N–H and O–H groups in total. The van der Waals surface area contributed by atoms with E-state index in [1.807, 2.05) is 30.4 Å². The first-order chi connectivity index (χ1) is 8.20. The highest BCUT2D eigenvalue weighted by Crippen LogP contribution is 2.24. The second kappa shape index (κ2) is 5.56. The lowest BCUT2D eigenvalue weighted by Gasteiger charge is -2.09. The van der Waals surface area contributed by atoms with Crippen molar-refractivity contribution in [2.24, 2.45) is 0 Å². The van der Waals surface area contributed by atoms with Crippen molar-refractivity contribution in [2.75, 3.05) is 5.32 Å². The summed E-state index contributed by atoms with van der Waals surface area (Å²) in [7, 11) is 0. The van der Waals surface area contributed by atoms with Gasteiger partial charge in [0.15, 0.2) is 0 Å². The third-order valence-electron chi connectivity index (χ3n) is 2.79. The van der Waals surface area contributed by atoms with E-state index >= 15 is 0 Å². The molecule has 0 aliphatic rings. The van der Waals surface area contributed by atoms with Crippen molar-refractivity contribution >= 4 is 28.6 Å². The monoisotopic (exact) mass is 265 g/mol. The van der Waals surface area contributed by atoms with Crippen LogP contribution in [0.2, 0.25) is 5.02 Å². The van der Waals surface area contributed by atoms with E-state index in [2.05, 4.69) is 30.4 Å². The first-order valence-corrected chi connectivity index (χ1v) is 6.96. The van der Waals surface area contributed by atoms with Crippen LogP contribution in [0, 0.1) is 6.92 Å². The quantitative estimate of drug-likeness (QED) is 0.830. The van der Waals surface area contributed by atoms with Crippen LogP contribution in [-0.2, 0) is 13.0 Å². The number of anilines is 1. The van der Waals surface area contributed by atoms with Crippen molar-refractivity contribution in [1.82, 2.24) is 0 Å². The minimum atomic E-state index is 0.815. The fraction of sp³-hybridized carbons (Fsp3) is 0.286. The number of nitrogens with one attached hydrogen (secondary N) is 1. The summed E-state index contributed by atoms with van der Waals surface area (Å²) in [4.78, 5) is 2.80. The summed E-state index contributed by atoms with van der Waals surface area (Å²) in [5.41, 5.74) is 2.23. The average molecular weight is 266 g/mol. The lowest BCUT2D eigenvalue weighted by molar-refractivity contribution is 1.18. The predicted octanol–water partition coefficient (Wildman–Crippen LogP) is 4.88. The topological polar surface area (TPSA) is 12.0 Å². The van der Waals surface area contributed by atoms with Gasteiger partial charge in [-0.15, -0.1) is 11.3 Å². The summed E-state index contributed by atoms with van der Waals surface area (Å²) in [6, 6.07) is 10.4. The molecule has 0 radical (unpaired) electrons. The maximum absolute atomic E-state index is 6.08. The number of benzene rings is 1. The zero-order valence-electron chi connectivity index (χ0n) is 10.1. The highest BCUT2D eigenvalue weighted by Gasteiger charge is 2.03. The molecule has 2 aromatic rings. The Hall–Kier alpha value is -0.990. The van der Waals surface area contributed by atoms with E-state index in [9.17, 15) is 0 Å². The molecule has 0 atom stereocenters. The molecule has 0 spiro atoms. The molecule has 0 fully saturated rings. The fourth-order valence-corrected chi connectivity index (χ4v) is 2.76. The molecule has 0 saturated carbocycles. The molecule has 1 heterocycles. The number of thiophene rings is 1. The smallest absolute Gasteiger partial charge is 0.0494 e. The number of halogens is 1. The lowest BCUT2D eigenvalue weighted by atomic mass is 10.2. The van der Waals surface area contributed by atoms with E-state index in [1.54, 1.807) is 0 Å². The van der Waals surface area contributed by atoms with Crippen LogP contribution in [0.3, 0.4) is 0 Å². The van der Waals surface area contributed by atoms with Gasteiger partial charge in [-0.25, -0.2) is 0 Å². The van der Waals surface area contributed by atoms with Gasteiger partial charge in [-0.2, -0.15) is 0 Å². The molecule has 0 unspecified atom stereocenters. The number of hydrogen-bond donors (Lipinski definition) is 1. The number of aryl methyl sites for hydroxylation is 1. The molecule has 1 nitrogen and oxygen atoms in total. The third kappa shape index (κ3) is 3.02. The van der Waals surface area contributed by atoms with Crippen LogP contribution in [0.5, 0.6) is 0 Å². The maximum Gasteiger partial charge on any atom is 0.0494 e. The molecule has 0 aliphatic heterocycles. The van der Waals surface area contributed by atoms with Crippen molar-refractivity contribution in [3.8, 4) is 0 Å². The minimum Gasteiger partial charge on any atom is -0.380 e. The number of rotatable bonds is 4. The molecule has 0 aliphatic carbocycles. The molecule has 1 aromatic carbocycles. The summed E-state index contributed by atoms with van der Waals surface area (Å²) in [6.07, 6.45) is 1.11. The molecule has 0 bridgehead atoms. The van der Waals surface area contributed by atoms with Gasteiger partial charge >= 0.3 is 0 Å². The van der Waals surface area contributed by atoms with Crippen LogP contribution in [-0.4, -0.2) is 0 Å². The SMILES string of the molecule is CCc1ccc(CNc2cccc(Cl)c2C)s1. The lowest BCUT2D eigenvalue weighted by Crippen LogP contribution is -1.99. The second-order valence-corrected chi connectivity index (χ2v) is 5.65. The Morgan fingerprint density at radius 3 is 2.65 bits per heavy atom. The van der Waals surface area contributed by atoms with E-state index in [0.717, 1.165) is 29.2 Å². The van der Waals surface area contributed by atoms with E-state index in [4.69, 9.17) is 11.6 Å². The van der Waals surface area contributed by atoms with E-state index in [1.165, 1.54) is 9.75 Å². The van der Waals surface area contributed by atoms with Crippen LogP contribution >= 0.6 is 22.9 Å². The highest BCUT2D eigenvalue weighted by atomic mass is 35.5. The Morgan fingerprint density at radius 1 is 1.18 bits per heavy atom. The van der Waals surface area contributed by atoms with Crippen LogP contribution in [0.25, 0.3) is 0 Å². The molecule has 17 heavy (non-hydrogen) atoms. The van der Waals surface area contributed by atoms with E-state index in [0.29, 0.717) is 0 Å². The van der Waals surface area contributed by atoms with Gasteiger partial charge in [0.05, 0.1) is 0 Å². The summed E-state index contributed by atoms with van der Waals surface area (Å²) in [5, 5.41) is 4.25. The third-order valence-corrected chi connectivity index (χ3v) is 4.43. The largest absolute Gasteiger partial charge is 0.380 e. The molecular weight excluding hydrogens is 250 g/mol. The van der Waals surface area contributed by atoms with Gasteiger partial charge in [-0.3, -0.25) is 0 Å². The standard InChI is InChI=1S/C14H16ClNS/c1-3-11-7-8-12(17-11)9-16-14-6-4-5-13(15)10(14)2/h4-8,16H,3,9H2,1-2H3. The molecule has 0 amide bonds. The summed E-state index contributed by atoms with van der Waals surface area (Å²) < 4.78 is 0. The van der Waals surface area contributed by atoms with E-state index < -0.39 is 0 Å². The fourth-order valence-electron chi connectivity index (χ4n) is 1.69. The van der Waals surface area contributed by atoms with Gasteiger partial charge in [-0.1, -0.05) is 24.6 Å². The first-order valence-electron chi connectivity index (χ1n) is 5.77. The first kappa shape index (κ1) is 12.5. The Kier molecular flexibility index (Phi) is 4.08. The van der Waals surface area contributed by atoms with E-state index in [-0.39, 0.29) is 0 Å². The predicted molar refractivity (Wildman–Crippen MR) is 77.2 cm³/mol. The van der Waals surface area contributed by atoms with Crippen LogP contribution in [0.4, 0.5) is 5.69 Å². The van der Waals surface area contributed by atoms with Gasteiger partial charge < -0.3 is 5.32 Å². The van der Waals surface area contributed by atoms with Crippen LogP contribution in [0.15, 0.2) is 30.3 Å². The van der Waals surface area contributed by atoms with Crippen molar-refractivity contribution in [3.05, 3.63) is 50.7 Å². The molecule has 3 heteroatoms. The molecular formula is C14H16ClNS. The summed E-state index contributed by atoms with van der Waals surface area (Å²) in [5.74, 6) is 0. The van der Waals surface area contributed by atoms with Crippen LogP contribution in [0.1, 0.15) is 22.2 Å². The zero-order valence-corrected chi connectivity index (χ0v) is 11.7. The Labute approximate surface area is 111 Å².